The van der Waals surface area contributed by atoms with Crippen LogP contribution in [0, 0.1) is 0 Å². The summed E-state index contributed by atoms with van der Waals surface area (Å²) < 4.78 is 5.49. The van der Waals surface area contributed by atoms with E-state index in [9.17, 15) is 5.11 Å². The lowest BCUT2D eigenvalue weighted by molar-refractivity contribution is 0.104. The zero-order valence-electron chi connectivity index (χ0n) is 12.0. The van der Waals surface area contributed by atoms with Crippen LogP contribution in [0.4, 0.5) is 0 Å². The number of halogens is 2. The lowest BCUT2D eigenvalue weighted by Gasteiger charge is -2.17. The standard InChI is InChI=1S/C15H23Cl2NO2/c1-3-4-5-11(2)18-9-13(19)10-20-15-8-12(16)6-7-14(15)17/h6-8,11,13,18-19H,3-5,9-10H2,1-2H3. The van der Waals surface area contributed by atoms with Crippen molar-refractivity contribution in [3.05, 3.63) is 28.2 Å². The van der Waals surface area contributed by atoms with Crippen LogP contribution in [0.15, 0.2) is 18.2 Å². The number of aliphatic hydroxyl groups excluding tert-OH is 1. The Morgan fingerprint density at radius 2 is 2.10 bits per heavy atom. The summed E-state index contributed by atoms with van der Waals surface area (Å²) in [5.41, 5.74) is 0. The van der Waals surface area contributed by atoms with Crippen molar-refractivity contribution in [1.29, 1.82) is 0 Å². The van der Waals surface area contributed by atoms with Crippen LogP contribution in [-0.2, 0) is 0 Å². The van der Waals surface area contributed by atoms with Gasteiger partial charge in [-0.3, -0.25) is 0 Å². The van der Waals surface area contributed by atoms with Crippen molar-refractivity contribution in [3.63, 3.8) is 0 Å². The second-order valence-electron chi connectivity index (χ2n) is 4.99. The van der Waals surface area contributed by atoms with E-state index in [1.54, 1.807) is 18.2 Å². The minimum absolute atomic E-state index is 0.188. The highest BCUT2D eigenvalue weighted by molar-refractivity contribution is 6.34. The molecule has 0 radical (unpaired) electrons. The minimum atomic E-state index is -0.575. The Morgan fingerprint density at radius 3 is 2.80 bits per heavy atom. The molecule has 0 aliphatic heterocycles. The Morgan fingerprint density at radius 1 is 1.35 bits per heavy atom. The van der Waals surface area contributed by atoms with Crippen LogP contribution in [0.1, 0.15) is 33.1 Å². The summed E-state index contributed by atoms with van der Waals surface area (Å²) >= 11 is 11.9. The third-order valence-corrected chi connectivity index (χ3v) is 3.56. The van der Waals surface area contributed by atoms with E-state index >= 15 is 0 Å². The molecule has 0 spiro atoms. The molecule has 1 rings (SSSR count). The van der Waals surface area contributed by atoms with Gasteiger partial charge < -0.3 is 15.2 Å². The number of aliphatic hydroxyl groups is 1. The van der Waals surface area contributed by atoms with Crippen molar-refractivity contribution >= 4 is 23.2 Å². The van der Waals surface area contributed by atoms with Gasteiger partial charge in [-0.15, -0.1) is 0 Å². The van der Waals surface area contributed by atoms with E-state index in [2.05, 4.69) is 19.2 Å². The fraction of sp³-hybridized carbons (Fsp3) is 0.600. The van der Waals surface area contributed by atoms with Gasteiger partial charge in [0, 0.05) is 23.7 Å². The van der Waals surface area contributed by atoms with Crippen molar-refractivity contribution in [2.75, 3.05) is 13.2 Å². The molecule has 0 saturated heterocycles. The summed E-state index contributed by atoms with van der Waals surface area (Å²) in [5, 5.41) is 14.2. The van der Waals surface area contributed by atoms with Crippen molar-refractivity contribution in [3.8, 4) is 5.75 Å². The molecule has 20 heavy (non-hydrogen) atoms. The fourth-order valence-electron chi connectivity index (χ4n) is 1.78. The van der Waals surface area contributed by atoms with Gasteiger partial charge in [0.15, 0.2) is 0 Å². The first kappa shape index (κ1) is 17.6. The van der Waals surface area contributed by atoms with E-state index in [1.165, 1.54) is 12.8 Å². The van der Waals surface area contributed by atoms with Gasteiger partial charge in [0.25, 0.3) is 0 Å². The molecule has 0 aromatic heterocycles. The molecule has 114 valence electrons. The molecule has 0 amide bonds. The number of hydrogen-bond donors (Lipinski definition) is 2. The predicted molar refractivity (Wildman–Crippen MR) is 85.0 cm³/mol. The number of hydrogen-bond acceptors (Lipinski definition) is 3. The van der Waals surface area contributed by atoms with Crippen LogP contribution < -0.4 is 10.1 Å². The minimum Gasteiger partial charge on any atom is -0.489 e. The van der Waals surface area contributed by atoms with Gasteiger partial charge in [0.05, 0.1) is 5.02 Å². The second-order valence-corrected chi connectivity index (χ2v) is 5.83. The quantitative estimate of drug-likeness (QED) is 0.725. The molecule has 3 nitrogen and oxygen atoms in total. The number of nitrogens with one attached hydrogen (secondary N) is 1. The fourth-order valence-corrected chi connectivity index (χ4v) is 2.12. The Labute approximate surface area is 131 Å². The molecular formula is C15H23Cl2NO2. The molecular weight excluding hydrogens is 297 g/mol. The van der Waals surface area contributed by atoms with E-state index < -0.39 is 6.10 Å². The molecule has 0 bridgehead atoms. The van der Waals surface area contributed by atoms with Crippen LogP contribution in [-0.4, -0.2) is 30.4 Å². The van der Waals surface area contributed by atoms with Gasteiger partial charge in [-0.2, -0.15) is 0 Å². The number of unbranched alkanes of at least 4 members (excludes halogenated alkanes) is 1. The molecule has 0 fully saturated rings. The van der Waals surface area contributed by atoms with Crippen molar-refractivity contribution in [1.82, 2.24) is 5.32 Å². The number of rotatable bonds is 9. The summed E-state index contributed by atoms with van der Waals surface area (Å²) in [6, 6.07) is 5.42. The highest BCUT2D eigenvalue weighted by atomic mass is 35.5. The first-order chi connectivity index (χ1) is 9.52. The first-order valence-corrected chi connectivity index (χ1v) is 7.77. The van der Waals surface area contributed by atoms with Crippen molar-refractivity contribution < 1.29 is 9.84 Å². The highest BCUT2D eigenvalue weighted by Gasteiger charge is 2.09. The van der Waals surface area contributed by atoms with Gasteiger partial charge >= 0.3 is 0 Å². The molecule has 2 unspecified atom stereocenters. The maximum Gasteiger partial charge on any atom is 0.139 e. The average Bonchev–Trinajstić information content (AvgIpc) is 2.43. The van der Waals surface area contributed by atoms with Gasteiger partial charge in [0.2, 0.25) is 0 Å². The largest absolute Gasteiger partial charge is 0.489 e. The first-order valence-electron chi connectivity index (χ1n) is 7.02. The van der Waals surface area contributed by atoms with Gasteiger partial charge in [-0.25, -0.2) is 0 Å². The molecule has 0 heterocycles. The van der Waals surface area contributed by atoms with Crippen molar-refractivity contribution in [2.45, 2.75) is 45.3 Å². The van der Waals surface area contributed by atoms with E-state index in [0.29, 0.717) is 28.4 Å². The zero-order valence-corrected chi connectivity index (χ0v) is 13.5. The maximum absolute atomic E-state index is 9.88. The second kappa shape index (κ2) is 9.46. The van der Waals surface area contributed by atoms with Crippen LogP contribution in [0.25, 0.3) is 0 Å². The van der Waals surface area contributed by atoms with Crippen LogP contribution in [0.2, 0.25) is 10.0 Å². The van der Waals surface area contributed by atoms with E-state index in [0.717, 1.165) is 6.42 Å². The van der Waals surface area contributed by atoms with Gasteiger partial charge in [0.1, 0.15) is 18.5 Å². The Hall–Kier alpha value is -0.480. The topological polar surface area (TPSA) is 41.5 Å². The Bertz CT molecular complexity index is 401. The Kier molecular flexibility index (Phi) is 8.31. The lowest BCUT2D eigenvalue weighted by atomic mass is 10.1. The maximum atomic E-state index is 9.88. The molecule has 0 saturated carbocycles. The summed E-state index contributed by atoms with van der Waals surface area (Å²) in [6.07, 6.45) is 2.92. The normalized spacial score (nSPS) is 14.1. The third-order valence-electron chi connectivity index (χ3n) is 3.02. The Balaban J connectivity index is 2.29. The highest BCUT2D eigenvalue weighted by Crippen LogP contribution is 2.27. The molecule has 5 heteroatoms. The predicted octanol–water partition coefficient (Wildman–Crippen LogP) is 3.90. The lowest BCUT2D eigenvalue weighted by Crippen LogP contribution is -2.36. The molecule has 0 aliphatic rings. The molecule has 2 atom stereocenters. The monoisotopic (exact) mass is 319 g/mol. The summed E-state index contributed by atoms with van der Waals surface area (Å²) in [6.45, 7) is 4.98. The van der Waals surface area contributed by atoms with E-state index in [4.69, 9.17) is 27.9 Å². The van der Waals surface area contributed by atoms with Gasteiger partial charge in [-0.1, -0.05) is 43.0 Å². The summed E-state index contributed by atoms with van der Waals surface area (Å²) in [4.78, 5) is 0. The third kappa shape index (κ3) is 6.80. The molecule has 1 aromatic rings. The zero-order chi connectivity index (χ0) is 15.0. The summed E-state index contributed by atoms with van der Waals surface area (Å²) in [7, 11) is 0. The van der Waals surface area contributed by atoms with Gasteiger partial charge in [-0.05, 0) is 25.5 Å². The number of ether oxygens (including phenoxy) is 1. The smallest absolute Gasteiger partial charge is 0.139 e. The van der Waals surface area contributed by atoms with Crippen LogP contribution >= 0.6 is 23.2 Å². The summed E-state index contributed by atoms with van der Waals surface area (Å²) in [5.74, 6) is 0.497. The molecule has 2 N–H and O–H groups in total. The van der Waals surface area contributed by atoms with E-state index in [1.807, 2.05) is 0 Å². The molecule has 1 aromatic carbocycles. The van der Waals surface area contributed by atoms with Crippen LogP contribution in [0.3, 0.4) is 0 Å². The molecule has 0 aliphatic carbocycles. The average molecular weight is 320 g/mol. The van der Waals surface area contributed by atoms with Crippen LogP contribution in [0.5, 0.6) is 5.75 Å². The number of benzene rings is 1. The van der Waals surface area contributed by atoms with Crippen molar-refractivity contribution in [2.24, 2.45) is 0 Å². The van der Waals surface area contributed by atoms with E-state index in [-0.39, 0.29) is 6.61 Å². The SMILES string of the molecule is CCCCC(C)NCC(O)COc1cc(Cl)ccc1Cl.